The zero-order chi connectivity index (χ0) is 23.7. The third-order valence-electron chi connectivity index (χ3n) is 7.16. The van der Waals surface area contributed by atoms with Gasteiger partial charge in [0.1, 0.15) is 12.6 Å². The van der Waals surface area contributed by atoms with Gasteiger partial charge in [-0.05, 0) is 41.0 Å². The summed E-state index contributed by atoms with van der Waals surface area (Å²) in [6.45, 7) is 0.608. The summed E-state index contributed by atoms with van der Waals surface area (Å²) in [6.07, 6.45) is 1.01. The lowest BCUT2D eigenvalue weighted by Crippen LogP contribution is -2.58. The third-order valence-corrected chi connectivity index (χ3v) is 7.16. The lowest BCUT2D eigenvalue weighted by Gasteiger charge is -2.38. The number of nitrogens with one attached hydrogen (secondary N) is 1. The predicted molar refractivity (Wildman–Crippen MR) is 123 cm³/mol. The minimum atomic E-state index is -1.10. The molecule has 1 heterocycles. The molecule has 2 unspecified atom stereocenters. The minimum Gasteiger partial charge on any atom is -0.479 e. The molecule has 0 bridgehead atoms. The summed E-state index contributed by atoms with van der Waals surface area (Å²) in [6, 6.07) is 15.5. The van der Waals surface area contributed by atoms with E-state index < -0.39 is 24.2 Å². The summed E-state index contributed by atoms with van der Waals surface area (Å²) in [5.41, 5.74) is 4.54. The summed E-state index contributed by atoms with van der Waals surface area (Å²) in [7, 11) is 0. The molecule has 34 heavy (non-hydrogen) atoms. The van der Waals surface area contributed by atoms with Crippen LogP contribution in [0.2, 0.25) is 0 Å². The van der Waals surface area contributed by atoms with Crippen LogP contribution in [0.5, 0.6) is 0 Å². The van der Waals surface area contributed by atoms with Gasteiger partial charge in [-0.25, -0.2) is 9.59 Å². The van der Waals surface area contributed by atoms with Crippen LogP contribution >= 0.6 is 0 Å². The van der Waals surface area contributed by atoms with Crippen LogP contribution in [0.25, 0.3) is 11.1 Å². The van der Waals surface area contributed by atoms with Gasteiger partial charge in [-0.3, -0.25) is 4.79 Å². The quantitative estimate of drug-likeness (QED) is 0.681. The maximum absolute atomic E-state index is 13.2. The molecular weight excluding hydrogens is 436 g/mol. The van der Waals surface area contributed by atoms with Gasteiger partial charge < -0.3 is 24.8 Å². The number of carboxylic acid groups (broad SMARTS) is 1. The zero-order valence-electron chi connectivity index (χ0n) is 18.8. The molecule has 0 radical (unpaired) electrons. The number of aliphatic carboxylic acids is 1. The Bertz CT molecular complexity index is 1050. The first kappa shape index (κ1) is 22.4. The van der Waals surface area contributed by atoms with Crippen LogP contribution in [0, 0.1) is 5.92 Å². The number of rotatable bonds is 6. The molecule has 2 aromatic carbocycles. The molecule has 2 N–H and O–H groups in total. The lowest BCUT2D eigenvalue weighted by atomic mass is 9.79. The molecule has 2 aromatic rings. The number of carbonyl (C=O) groups is 3. The Hall–Kier alpha value is -3.39. The topological polar surface area (TPSA) is 105 Å². The van der Waals surface area contributed by atoms with E-state index in [1.54, 1.807) is 0 Å². The van der Waals surface area contributed by atoms with Gasteiger partial charge in [-0.15, -0.1) is 0 Å². The van der Waals surface area contributed by atoms with Crippen molar-refractivity contribution in [1.29, 1.82) is 0 Å². The van der Waals surface area contributed by atoms with E-state index in [2.05, 4.69) is 29.6 Å². The Morgan fingerprint density at radius 3 is 2.29 bits per heavy atom. The molecule has 5 rings (SSSR count). The molecular formula is C26H28N2O6. The number of hydrogen-bond acceptors (Lipinski definition) is 5. The van der Waals surface area contributed by atoms with Gasteiger partial charge in [0, 0.05) is 12.5 Å². The Labute approximate surface area is 197 Å². The van der Waals surface area contributed by atoms with Crippen LogP contribution in [0.1, 0.15) is 36.3 Å². The van der Waals surface area contributed by atoms with E-state index in [1.807, 2.05) is 24.3 Å². The van der Waals surface area contributed by atoms with Crippen molar-refractivity contribution >= 4 is 18.0 Å². The second kappa shape index (κ2) is 9.46. The number of benzene rings is 2. The first-order valence-corrected chi connectivity index (χ1v) is 11.8. The Balaban J connectivity index is 1.25. The highest BCUT2D eigenvalue weighted by Crippen LogP contribution is 2.44. The third kappa shape index (κ3) is 4.25. The SMILES string of the molecule is O=C(NC(C(=O)N1CCOC(C(=O)O)C1)C1CCC1)OCC1c2ccccc2-c2ccccc21. The van der Waals surface area contributed by atoms with Crippen molar-refractivity contribution < 1.29 is 29.0 Å². The second-order valence-corrected chi connectivity index (χ2v) is 9.12. The van der Waals surface area contributed by atoms with Crippen molar-refractivity contribution in [2.75, 3.05) is 26.3 Å². The van der Waals surface area contributed by atoms with Crippen LogP contribution in [-0.4, -0.2) is 66.4 Å². The van der Waals surface area contributed by atoms with Crippen LogP contribution in [0.3, 0.4) is 0 Å². The average molecular weight is 465 g/mol. The lowest BCUT2D eigenvalue weighted by molar-refractivity contribution is -0.160. The summed E-state index contributed by atoms with van der Waals surface area (Å²) in [5, 5.41) is 12.0. The Morgan fingerprint density at radius 2 is 1.71 bits per heavy atom. The van der Waals surface area contributed by atoms with Crippen LogP contribution in [0.15, 0.2) is 48.5 Å². The number of amides is 2. The molecule has 1 saturated carbocycles. The van der Waals surface area contributed by atoms with E-state index in [0.29, 0.717) is 6.54 Å². The van der Waals surface area contributed by atoms with E-state index in [-0.39, 0.29) is 37.5 Å². The maximum atomic E-state index is 13.2. The largest absolute Gasteiger partial charge is 0.479 e. The number of hydrogen-bond donors (Lipinski definition) is 2. The van der Waals surface area contributed by atoms with Crippen LogP contribution in [0.4, 0.5) is 4.79 Å². The van der Waals surface area contributed by atoms with E-state index in [0.717, 1.165) is 41.5 Å². The molecule has 2 fully saturated rings. The Kier molecular flexibility index (Phi) is 6.24. The van der Waals surface area contributed by atoms with E-state index in [1.165, 1.54) is 4.90 Å². The number of alkyl carbamates (subject to hydrolysis) is 1. The number of morpholine rings is 1. The number of ether oxygens (including phenoxy) is 2. The zero-order valence-corrected chi connectivity index (χ0v) is 18.8. The van der Waals surface area contributed by atoms with Gasteiger partial charge in [0.2, 0.25) is 5.91 Å². The molecule has 2 amide bonds. The average Bonchev–Trinajstić information content (AvgIpc) is 3.14. The molecule has 1 saturated heterocycles. The number of carboxylic acids is 1. The molecule has 2 aliphatic carbocycles. The maximum Gasteiger partial charge on any atom is 0.407 e. The number of carbonyl (C=O) groups excluding carboxylic acids is 2. The fourth-order valence-electron chi connectivity index (χ4n) is 5.12. The fourth-order valence-corrected chi connectivity index (χ4v) is 5.12. The van der Waals surface area contributed by atoms with E-state index >= 15 is 0 Å². The Morgan fingerprint density at radius 1 is 1.06 bits per heavy atom. The van der Waals surface area contributed by atoms with Crippen molar-refractivity contribution in [2.24, 2.45) is 5.92 Å². The van der Waals surface area contributed by atoms with Crippen molar-refractivity contribution in [2.45, 2.75) is 37.3 Å². The van der Waals surface area contributed by atoms with Crippen LogP contribution < -0.4 is 5.32 Å². The molecule has 178 valence electrons. The summed E-state index contributed by atoms with van der Waals surface area (Å²) in [4.78, 5) is 38.8. The molecule has 2 atom stereocenters. The molecule has 1 aliphatic heterocycles. The molecule has 0 aromatic heterocycles. The van der Waals surface area contributed by atoms with Gasteiger partial charge in [-0.1, -0.05) is 55.0 Å². The smallest absolute Gasteiger partial charge is 0.407 e. The normalized spacial score (nSPS) is 20.6. The van der Waals surface area contributed by atoms with Crippen LogP contribution in [-0.2, 0) is 19.1 Å². The van der Waals surface area contributed by atoms with Crippen molar-refractivity contribution in [1.82, 2.24) is 10.2 Å². The van der Waals surface area contributed by atoms with Gasteiger partial charge in [-0.2, -0.15) is 0 Å². The van der Waals surface area contributed by atoms with E-state index in [9.17, 15) is 19.5 Å². The van der Waals surface area contributed by atoms with Gasteiger partial charge in [0.25, 0.3) is 0 Å². The minimum absolute atomic E-state index is 0.0241. The second-order valence-electron chi connectivity index (χ2n) is 9.12. The standard InChI is InChI=1S/C26H28N2O6/c29-24(28-12-13-33-22(14-28)25(30)31)23(16-6-5-7-16)27-26(32)34-15-21-19-10-3-1-8-17(19)18-9-2-4-11-20(18)21/h1-4,8-11,16,21-23H,5-7,12-15H2,(H,27,32)(H,30,31). The first-order chi connectivity index (χ1) is 16.5. The highest BCUT2D eigenvalue weighted by atomic mass is 16.5. The number of nitrogens with zero attached hydrogens (tertiary/aromatic N) is 1. The van der Waals surface area contributed by atoms with Crippen molar-refractivity contribution in [3.05, 3.63) is 59.7 Å². The monoisotopic (exact) mass is 464 g/mol. The van der Waals surface area contributed by atoms with Gasteiger partial charge in [0.05, 0.1) is 13.2 Å². The van der Waals surface area contributed by atoms with Crippen molar-refractivity contribution in [3.63, 3.8) is 0 Å². The number of fused-ring (bicyclic) bond motifs is 3. The molecule has 8 heteroatoms. The molecule has 0 spiro atoms. The first-order valence-electron chi connectivity index (χ1n) is 11.8. The van der Waals surface area contributed by atoms with Gasteiger partial charge in [0.15, 0.2) is 6.10 Å². The fraction of sp³-hybridized carbons (Fsp3) is 0.423. The summed E-state index contributed by atoms with van der Waals surface area (Å²) in [5.74, 6) is -1.40. The molecule has 8 nitrogen and oxygen atoms in total. The van der Waals surface area contributed by atoms with Gasteiger partial charge >= 0.3 is 12.1 Å². The van der Waals surface area contributed by atoms with E-state index in [4.69, 9.17) is 9.47 Å². The predicted octanol–water partition coefficient (Wildman–Crippen LogP) is 3.01. The van der Waals surface area contributed by atoms with Crippen molar-refractivity contribution in [3.8, 4) is 11.1 Å². The summed E-state index contributed by atoms with van der Waals surface area (Å²) < 4.78 is 10.9. The highest BCUT2D eigenvalue weighted by Gasteiger charge is 2.39. The summed E-state index contributed by atoms with van der Waals surface area (Å²) >= 11 is 0. The molecule has 3 aliphatic rings. The highest BCUT2D eigenvalue weighted by molar-refractivity contribution is 5.87.